The molecule has 4 heteroatoms. The topological polar surface area (TPSA) is 29.5 Å². The van der Waals surface area contributed by atoms with Crippen LogP contribution >= 0.6 is 11.3 Å². The second kappa shape index (κ2) is 13.2. The number of rotatable bonds is 5. The highest BCUT2D eigenvalue weighted by Gasteiger charge is 2.38. The molecule has 62 heavy (non-hydrogen) atoms. The number of nitrogens with zero attached hydrogens (tertiary/aromatic N) is 1. The molecule has 11 aromatic rings. The number of fused-ring (bicyclic) bond motifs is 13. The average Bonchev–Trinajstić information content (AvgIpc) is 4.05. The second-order valence-electron chi connectivity index (χ2n) is 17.7. The van der Waals surface area contributed by atoms with Gasteiger partial charge in [0.25, 0.3) is 0 Å². The molecule has 0 N–H and O–H groups in total. The van der Waals surface area contributed by atoms with E-state index >= 15 is 0 Å². The van der Waals surface area contributed by atoms with Gasteiger partial charge in [0.05, 0.1) is 0 Å². The summed E-state index contributed by atoms with van der Waals surface area (Å²) in [5.74, 6) is 1.49. The van der Waals surface area contributed by atoms with E-state index in [1.54, 1.807) is 0 Å². The average molecular weight is 816 g/mol. The molecule has 13 rings (SSSR count). The SMILES string of the molecule is CC1C=Cc2oc3c(-c4ccc(N(c5ccc(-c6cccc7c6oc6ccccc67)cc5)c5ccc6c(c5)C(C)(C)c5ccc7c(sc8ccccc87)c5-6)cc4)cccc3c2C1. The molecule has 0 radical (unpaired) electrons. The van der Waals surface area contributed by atoms with E-state index in [0.29, 0.717) is 5.92 Å². The van der Waals surface area contributed by atoms with Crippen LogP contribution in [-0.4, -0.2) is 0 Å². The van der Waals surface area contributed by atoms with Crippen LogP contribution < -0.4 is 4.90 Å². The second-order valence-corrected chi connectivity index (χ2v) is 18.7. The number of anilines is 3. The van der Waals surface area contributed by atoms with E-state index in [1.165, 1.54) is 53.4 Å². The van der Waals surface area contributed by atoms with Crippen LogP contribution in [0.4, 0.5) is 17.1 Å². The van der Waals surface area contributed by atoms with Crippen molar-refractivity contribution in [1.29, 1.82) is 0 Å². The zero-order valence-corrected chi connectivity index (χ0v) is 35.5. The molecule has 3 nitrogen and oxygen atoms in total. The summed E-state index contributed by atoms with van der Waals surface area (Å²) in [7, 11) is 0. The van der Waals surface area contributed by atoms with E-state index in [-0.39, 0.29) is 5.41 Å². The number of para-hydroxylation sites is 3. The quantitative estimate of drug-likeness (QED) is 0.173. The molecule has 0 fully saturated rings. The summed E-state index contributed by atoms with van der Waals surface area (Å²) < 4.78 is 15.7. The number of benzene rings is 8. The van der Waals surface area contributed by atoms with Gasteiger partial charge in [0, 0.05) is 81.1 Å². The zero-order valence-electron chi connectivity index (χ0n) is 34.7. The van der Waals surface area contributed by atoms with Gasteiger partial charge in [-0.1, -0.05) is 142 Å². The lowest BCUT2D eigenvalue weighted by atomic mass is 9.82. The third-order valence-corrected chi connectivity index (χ3v) is 14.9. The van der Waals surface area contributed by atoms with E-state index < -0.39 is 0 Å². The molecule has 2 aliphatic rings. The maximum absolute atomic E-state index is 6.56. The van der Waals surface area contributed by atoms with Gasteiger partial charge in [-0.15, -0.1) is 11.3 Å². The minimum atomic E-state index is -0.177. The van der Waals surface area contributed by atoms with Crippen molar-refractivity contribution in [2.45, 2.75) is 32.6 Å². The molecule has 8 aromatic carbocycles. The first-order valence-electron chi connectivity index (χ1n) is 21.6. The molecule has 0 spiro atoms. The summed E-state index contributed by atoms with van der Waals surface area (Å²) in [6.07, 6.45) is 5.40. The highest BCUT2D eigenvalue weighted by atomic mass is 32.1. The third-order valence-electron chi connectivity index (χ3n) is 13.7. The van der Waals surface area contributed by atoms with Gasteiger partial charge >= 0.3 is 0 Å². The van der Waals surface area contributed by atoms with Crippen LogP contribution in [0.1, 0.15) is 43.2 Å². The van der Waals surface area contributed by atoms with E-state index in [0.717, 1.165) is 79.0 Å². The van der Waals surface area contributed by atoms with Crippen molar-refractivity contribution in [3.8, 4) is 33.4 Å². The van der Waals surface area contributed by atoms with Crippen molar-refractivity contribution in [3.05, 3.63) is 192 Å². The molecule has 296 valence electrons. The molecule has 1 unspecified atom stereocenters. The molecule has 0 saturated carbocycles. The lowest BCUT2D eigenvalue weighted by molar-refractivity contribution is 0.585. The van der Waals surface area contributed by atoms with E-state index in [9.17, 15) is 0 Å². The van der Waals surface area contributed by atoms with Gasteiger partial charge < -0.3 is 13.7 Å². The van der Waals surface area contributed by atoms with Gasteiger partial charge in [-0.25, -0.2) is 0 Å². The normalized spacial score (nSPS) is 15.2. The zero-order chi connectivity index (χ0) is 41.3. The summed E-state index contributed by atoms with van der Waals surface area (Å²) in [4.78, 5) is 2.40. The molecule has 3 aromatic heterocycles. The predicted octanol–water partition coefficient (Wildman–Crippen LogP) is 17.0. The monoisotopic (exact) mass is 815 g/mol. The van der Waals surface area contributed by atoms with Crippen molar-refractivity contribution in [1.82, 2.24) is 0 Å². The Morgan fingerprint density at radius 3 is 1.95 bits per heavy atom. The largest absolute Gasteiger partial charge is 0.456 e. The number of hydrogen-bond acceptors (Lipinski definition) is 4. The maximum atomic E-state index is 6.56. The van der Waals surface area contributed by atoms with Gasteiger partial charge in [0.2, 0.25) is 0 Å². The van der Waals surface area contributed by atoms with Crippen LogP contribution in [0.25, 0.3) is 92.5 Å². The fourth-order valence-electron chi connectivity index (χ4n) is 10.5. The Bertz CT molecular complexity index is 3650. The lowest BCUT2D eigenvalue weighted by Crippen LogP contribution is -2.16. The Morgan fingerprint density at radius 1 is 0.548 bits per heavy atom. The van der Waals surface area contributed by atoms with Gasteiger partial charge in [0.15, 0.2) is 0 Å². The summed E-state index contributed by atoms with van der Waals surface area (Å²) in [6.45, 7) is 7.04. The minimum Gasteiger partial charge on any atom is -0.456 e. The maximum Gasteiger partial charge on any atom is 0.143 e. The molecule has 0 bridgehead atoms. The lowest BCUT2D eigenvalue weighted by Gasteiger charge is -2.28. The fraction of sp³-hybridized carbons (Fsp3) is 0.103. The fourth-order valence-corrected chi connectivity index (χ4v) is 11.8. The van der Waals surface area contributed by atoms with Gasteiger partial charge in [-0.05, 0) is 94.8 Å². The summed E-state index contributed by atoms with van der Waals surface area (Å²) in [6, 6.07) is 60.0. The third kappa shape index (κ3) is 5.17. The van der Waals surface area contributed by atoms with E-state index in [4.69, 9.17) is 8.83 Å². The Kier molecular flexibility index (Phi) is 7.57. The van der Waals surface area contributed by atoms with Crippen LogP contribution in [0.2, 0.25) is 0 Å². The summed E-state index contributed by atoms with van der Waals surface area (Å²) in [5, 5.41) is 6.16. The van der Waals surface area contributed by atoms with E-state index in [1.807, 2.05) is 23.5 Å². The molecule has 1 atom stereocenters. The predicted molar refractivity (Wildman–Crippen MR) is 261 cm³/mol. The highest BCUT2D eigenvalue weighted by molar-refractivity contribution is 7.26. The first-order chi connectivity index (χ1) is 30.4. The Balaban J connectivity index is 0.947. The first-order valence-corrected chi connectivity index (χ1v) is 22.4. The molecular formula is C58H41NO2S. The molecule has 0 aliphatic heterocycles. The molecular weight excluding hydrogens is 775 g/mol. The molecule has 0 amide bonds. The standard InChI is InChI=1S/C58H41NO2S/c1-34-18-31-52-48(32-34)45-15-9-13-41(56(45)61-52)36-21-25-38(26-22-36)59(37-23-19-35(20-24-37)40-12-8-14-44-42-10-4-6-16-51(42)60-55(40)44)39-27-28-47-50(33-39)58(2,3)49-30-29-46-43-11-5-7-17-53(43)62-57(46)54(47)49/h4-31,33-34H,32H2,1-3H3. The van der Waals surface area contributed by atoms with Crippen molar-refractivity contribution in [3.63, 3.8) is 0 Å². The first kappa shape index (κ1) is 35.6. The number of hydrogen-bond donors (Lipinski definition) is 0. The number of thiophene rings is 1. The van der Waals surface area contributed by atoms with Crippen molar-refractivity contribution >= 4 is 87.6 Å². The van der Waals surface area contributed by atoms with Gasteiger partial charge in [0.1, 0.15) is 22.5 Å². The van der Waals surface area contributed by atoms with Crippen molar-refractivity contribution in [2.24, 2.45) is 5.92 Å². The smallest absolute Gasteiger partial charge is 0.143 e. The van der Waals surface area contributed by atoms with Crippen LogP contribution in [0.5, 0.6) is 0 Å². The minimum absolute atomic E-state index is 0.177. The molecule has 3 heterocycles. The number of allylic oxidation sites excluding steroid dienone is 1. The highest BCUT2D eigenvalue weighted by Crippen LogP contribution is 2.55. The van der Waals surface area contributed by atoms with Crippen LogP contribution in [0.3, 0.4) is 0 Å². The van der Waals surface area contributed by atoms with E-state index in [2.05, 4.69) is 189 Å². The summed E-state index contributed by atoms with van der Waals surface area (Å²) in [5.41, 5.74) is 17.1. The van der Waals surface area contributed by atoms with Crippen molar-refractivity contribution < 1.29 is 8.83 Å². The van der Waals surface area contributed by atoms with Gasteiger partial charge in [-0.2, -0.15) is 0 Å². The Morgan fingerprint density at radius 2 is 1.19 bits per heavy atom. The Hall–Kier alpha value is -7.14. The van der Waals surface area contributed by atoms with Crippen molar-refractivity contribution in [2.75, 3.05) is 4.90 Å². The molecule has 0 saturated heterocycles. The Labute approximate surface area is 363 Å². The number of furan rings is 2. The summed E-state index contributed by atoms with van der Waals surface area (Å²) >= 11 is 1.92. The molecule has 2 aliphatic carbocycles. The van der Waals surface area contributed by atoms with Crippen LogP contribution in [0, 0.1) is 5.92 Å². The van der Waals surface area contributed by atoms with Gasteiger partial charge in [-0.3, -0.25) is 0 Å². The van der Waals surface area contributed by atoms with Crippen LogP contribution in [-0.2, 0) is 11.8 Å². The van der Waals surface area contributed by atoms with Crippen LogP contribution in [0.15, 0.2) is 179 Å².